The summed E-state index contributed by atoms with van der Waals surface area (Å²) in [7, 11) is -2.14. The molecule has 21 heavy (non-hydrogen) atoms. The van der Waals surface area contributed by atoms with Crippen LogP contribution in [0, 0.1) is 0 Å². The number of alkyl halides is 2. The van der Waals surface area contributed by atoms with Gasteiger partial charge in [0.2, 0.25) is 0 Å². The van der Waals surface area contributed by atoms with Gasteiger partial charge in [-0.3, -0.25) is 0 Å². The highest BCUT2D eigenvalue weighted by Gasteiger charge is 2.43. The van der Waals surface area contributed by atoms with Gasteiger partial charge in [-0.2, -0.15) is 8.78 Å². The molecule has 0 aliphatic heterocycles. The van der Waals surface area contributed by atoms with E-state index in [1.807, 2.05) is 20.8 Å². The molecule has 0 saturated carbocycles. The van der Waals surface area contributed by atoms with Crippen molar-refractivity contribution in [2.45, 2.75) is 50.9 Å². The zero-order chi connectivity index (χ0) is 16.1. The first kappa shape index (κ1) is 18.5. The minimum absolute atomic E-state index is 0.496. The molecular formula is C16H23BrF2OSi. The van der Waals surface area contributed by atoms with Gasteiger partial charge in [-0.25, -0.2) is 0 Å². The van der Waals surface area contributed by atoms with E-state index < -0.39 is 20.3 Å². The molecule has 0 aromatic heterocycles. The molecule has 0 bridgehead atoms. The van der Waals surface area contributed by atoms with E-state index in [-0.39, 0.29) is 0 Å². The van der Waals surface area contributed by atoms with Gasteiger partial charge in [0.05, 0.1) is 0 Å². The topological polar surface area (TPSA) is 9.23 Å². The number of halogens is 3. The molecule has 1 atom stereocenters. The van der Waals surface area contributed by atoms with Gasteiger partial charge in [0, 0.05) is 4.47 Å². The Hall–Kier alpha value is -0.523. The summed E-state index contributed by atoms with van der Waals surface area (Å²) in [4.78, 5) is 0. The average molecular weight is 377 g/mol. The van der Waals surface area contributed by atoms with Crippen molar-refractivity contribution in [3.8, 4) is 0 Å². The van der Waals surface area contributed by atoms with Crippen LogP contribution in [0.2, 0.25) is 18.1 Å². The first-order chi connectivity index (χ1) is 9.84. The van der Waals surface area contributed by atoms with E-state index in [9.17, 15) is 8.78 Å². The summed E-state index contributed by atoms with van der Waals surface area (Å²) in [6.07, 6.45) is -0.561. The fraction of sp³-hybridized carbons (Fsp3) is 0.500. The van der Waals surface area contributed by atoms with Gasteiger partial charge in [-0.05, 0) is 41.9 Å². The molecule has 1 aromatic rings. The van der Waals surface area contributed by atoms with Gasteiger partial charge >= 0.3 is 0 Å². The normalized spacial score (nSPS) is 14.0. The second-order valence-corrected chi connectivity index (χ2v) is 10.8. The molecule has 1 nitrogen and oxygen atoms in total. The predicted molar refractivity (Wildman–Crippen MR) is 90.3 cm³/mol. The second kappa shape index (κ2) is 7.65. The molecule has 1 rings (SSSR count). The van der Waals surface area contributed by atoms with Crippen LogP contribution < -0.4 is 0 Å². The fourth-order valence-electron chi connectivity index (χ4n) is 2.36. The maximum Gasteiger partial charge on any atom is 0.294 e. The number of hydrogen-bond donors (Lipinski definition) is 0. The smallest absolute Gasteiger partial charge is 0.294 e. The molecule has 0 saturated heterocycles. The summed E-state index contributed by atoms with van der Waals surface area (Å²) in [5, 5.41) is 0. The molecule has 0 spiro atoms. The number of hydrogen-bond acceptors (Lipinski definition) is 1. The van der Waals surface area contributed by atoms with Gasteiger partial charge in [-0.15, -0.1) is 0 Å². The SMILES string of the molecule is C=CC(F)(F)C(O[Si](CC)(CC)CC)c1ccc(Br)cc1. The van der Waals surface area contributed by atoms with E-state index in [1.165, 1.54) is 0 Å². The maximum absolute atomic E-state index is 14.3. The summed E-state index contributed by atoms with van der Waals surface area (Å²) in [6, 6.07) is 9.40. The Balaban J connectivity index is 3.20. The van der Waals surface area contributed by atoms with Crippen LogP contribution in [0.3, 0.4) is 0 Å². The molecular weight excluding hydrogens is 354 g/mol. The highest BCUT2D eigenvalue weighted by Crippen LogP contribution is 2.40. The van der Waals surface area contributed by atoms with Crippen molar-refractivity contribution in [1.82, 2.24) is 0 Å². The summed E-state index contributed by atoms with van der Waals surface area (Å²) in [5.74, 6) is -3.08. The third kappa shape index (κ3) is 4.47. The van der Waals surface area contributed by atoms with E-state index in [1.54, 1.807) is 24.3 Å². The Morgan fingerprint density at radius 2 is 1.67 bits per heavy atom. The van der Waals surface area contributed by atoms with E-state index in [0.717, 1.165) is 22.6 Å². The number of rotatable bonds is 8. The number of benzene rings is 1. The molecule has 0 heterocycles. The van der Waals surface area contributed by atoms with Crippen LogP contribution in [0.15, 0.2) is 41.4 Å². The highest BCUT2D eigenvalue weighted by molar-refractivity contribution is 9.10. The minimum Gasteiger partial charge on any atom is -0.404 e. The first-order valence-electron chi connectivity index (χ1n) is 7.28. The molecule has 0 N–H and O–H groups in total. The standard InChI is InChI=1S/C16H23BrF2OSi/c1-5-16(18,19)15(13-9-11-14(17)12-10-13)20-21(6-2,7-3)8-4/h5,9-12,15H,1,6-8H2,2-4H3. The zero-order valence-electron chi connectivity index (χ0n) is 12.8. The minimum atomic E-state index is -3.08. The Labute approximate surface area is 135 Å². The molecule has 0 aliphatic carbocycles. The summed E-state index contributed by atoms with van der Waals surface area (Å²) in [5.41, 5.74) is 0.496. The lowest BCUT2D eigenvalue weighted by Crippen LogP contribution is -2.41. The van der Waals surface area contributed by atoms with Crippen LogP contribution in [-0.4, -0.2) is 14.2 Å². The summed E-state index contributed by atoms with van der Waals surface area (Å²) >= 11 is 3.32. The Morgan fingerprint density at radius 3 is 2.05 bits per heavy atom. The van der Waals surface area contributed by atoms with Crippen LogP contribution in [-0.2, 0) is 4.43 Å². The van der Waals surface area contributed by atoms with E-state index in [0.29, 0.717) is 11.6 Å². The fourth-order valence-corrected chi connectivity index (χ4v) is 5.42. The molecule has 0 radical (unpaired) electrons. The van der Waals surface area contributed by atoms with Crippen molar-refractivity contribution in [2.24, 2.45) is 0 Å². The summed E-state index contributed by atoms with van der Waals surface area (Å²) in [6.45, 7) is 9.37. The third-order valence-electron chi connectivity index (χ3n) is 4.10. The monoisotopic (exact) mass is 376 g/mol. The van der Waals surface area contributed by atoms with Gasteiger partial charge in [-0.1, -0.05) is 55.4 Å². The molecule has 118 valence electrons. The lowest BCUT2D eigenvalue weighted by Gasteiger charge is -2.36. The first-order valence-corrected chi connectivity index (χ1v) is 10.6. The Bertz CT molecular complexity index is 450. The van der Waals surface area contributed by atoms with Crippen molar-refractivity contribution in [2.75, 3.05) is 0 Å². The Morgan fingerprint density at radius 1 is 1.19 bits per heavy atom. The Kier molecular flexibility index (Phi) is 6.75. The van der Waals surface area contributed by atoms with Gasteiger partial charge < -0.3 is 4.43 Å². The average Bonchev–Trinajstić information content (AvgIpc) is 2.50. The molecule has 1 aromatic carbocycles. The molecule has 5 heteroatoms. The van der Waals surface area contributed by atoms with Crippen molar-refractivity contribution in [1.29, 1.82) is 0 Å². The van der Waals surface area contributed by atoms with E-state index in [4.69, 9.17) is 4.43 Å². The van der Waals surface area contributed by atoms with E-state index in [2.05, 4.69) is 22.5 Å². The predicted octanol–water partition coefficient (Wildman–Crippen LogP) is 6.33. The van der Waals surface area contributed by atoms with Crippen LogP contribution in [0.4, 0.5) is 8.78 Å². The molecule has 1 unspecified atom stereocenters. The maximum atomic E-state index is 14.3. The van der Waals surface area contributed by atoms with Gasteiger partial charge in [0.25, 0.3) is 5.92 Å². The third-order valence-corrected chi connectivity index (χ3v) is 9.23. The second-order valence-electron chi connectivity index (χ2n) is 5.17. The van der Waals surface area contributed by atoms with Gasteiger partial charge in [0.15, 0.2) is 8.32 Å². The van der Waals surface area contributed by atoms with Crippen LogP contribution in [0.5, 0.6) is 0 Å². The van der Waals surface area contributed by atoms with Crippen molar-refractivity contribution >= 4 is 24.2 Å². The highest BCUT2D eigenvalue weighted by atomic mass is 79.9. The zero-order valence-corrected chi connectivity index (χ0v) is 15.4. The molecule has 0 aliphatic rings. The quantitative estimate of drug-likeness (QED) is 0.380. The van der Waals surface area contributed by atoms with Crippen molar-refractivity contribution < 1.29 is 13.2 Å². The largest absolute Gasteiger partial charge is 0.404 e. The van der Waals surface area contributed by atoms with Crippen molar-refractivity contribution in [3.63, 3.8) is 0 Å². The lowest BCUT2D eigenvalue weighted by molar-refractivity contribution is -0.0630. The van der Waals surface area contributed by atoms with Crippen molar-refractivity contribution in [3.05, 3.63) is 47.0 Å². The molecule has 0 amide bonds. The van der Waals surface area contributed by atoms with E-state index >= 15 is 0 Å². The molecule has 0 fully saturated rings. The van der Waals surface area contributed by atoms with Crippen LogP contribution >= 0.6 is 15.9 Å². The van der Waals surface area contributed by atoms with Crippen LogP contribution in [0.1, 0.15) is 32.4 Å². The lowest BCUT2D eigenvalue weighted by atomic mass is 10.0. The van der Waals surface area contributed by atoms with Crippen LogP contribution in [0.25, 0.3) is 0 Å². The van der Waals surface area contributed by atoms with Gasteiger partial charge in [0.1, 0.15) is 6.10 Å². The summed E-state index contributed by atoms with van der Waals surface area (Å²) < 4.78 is 35.5.